The van der Waals surface area contributed by atoms with Gasteiger partial charge in [0.1, 0.15) is 11.8 Å². The fraction of sp³-hybridized carbons (Fsp3) is 0.0833. The van der Waals surface area contributed by atoms with Gasteiger partial charge in [-0.1, -0.05) is 41.9 Å². The van der Waals surface area contributed by atoms with Crippen molar-refractivity contribution < 1.29 is 9.50 Å². The van der Waals surface area contributed by atoms with Crippen LogP contribution in [0.5, 0.6) is 0 Å². The minimum atomic E-state index is -1.10. The fourth-order valence-electron chi connectivity index (χ4n) is 1.42. The highest BCUT2D eigenvalue weighted by molar-refractivity contribution is 6.30. The zero-order valence-electron chi connectivity index (χ0n) is 8.27. The smallest absolute Gasteiger partial charge is 0.166 e. The molecular formula is C12H9ClFNO. The van der Waals surface area contributed by atoms with Gasteiger partial charge in [-0.25, -0.2) is 4.39 Å². The Hall–Kier alpha value is -1.45. The number of aliphatic hydroxyl groups excluding tert-OH is 1. The maximum Gasteiger partial charge on any atom is 0.166 e. The van der Waals surface area contributed by atoms with Gasteiger partial charge in [0, 0.05) is 6.20 Å². The van der Waals surface area contributed by atoms with Crippen LogP contribution < -0.4 is 0 Å². The molecule has 0 aliphatic rings. The molecule has 0 spiro atoms. The first-order valence-electron chi connectivity index (χ1n) is 4.73. The Morgan fingerprint density at radius 3 is 2.56 bits per heavy atom. The summed E-state index contributed by atoms with van der Waals surface area (Å²) in [6, 6.07) is 10.1. The van der Waals surface area contributed by atoms with Gasteiger partial charge in [-0.3, -0.25) is 4.98 Å². The fourth-order valence-corrected chi connectivity index (χ4v) is 1.57. The van der Waals surface area contributed by atoms with Crippen molar-refractivity contribution in [2.45, 2.75) is 6.10 Å². The molecule has 0 fully saturated rings. The second kappa shape index (κ2) is 4.60. The number of nitrogens with zero attached hydrogens (tertiary/aromatic N) is 1. The highest BCUT2D eigenvalue weighted by Crippen LogP contribution is 2.25. The topological polar surface area (TPSA) is 33.1 Å². The van der Waals surface area contributed by atoms with E-state index in [-0.39, 0.29) is 10.7 Å². The molecule has 0 amide bonds. The third-order valence-corrected chi connectivity index (χ3v) is 2.54. The van der Waals surface area contributed by atoms with E-state index in [0.717, 1.165) is 0 Å². The summed E-state index contributed by atoms with van der Waals surface area (Å²) < 4.78 is 13.6. The molecule has 1 N–H and O–H groups in total. The van der Waals surface area contributed by atoms with Crippen LogP contribution in [0.25, 0.3) is 0 Å². The first-order chi connectivity index (χ1) is 7.70. The Balaban J connectivity index is 2.42. The van der Waals surface area contributed by atoms with Crippen LogP contribution in [0.1, 0.15) is 17.4 Å². The van der Waals surface area contributed by atoms with Gasteiger partial charge < -0.3 is 5.11 Å². The minimum absolute atomic E-state index is 0.0417. The van der Waals surface area contributed by atoms with Crippen molar-refractivity contribution in [2.75, 3.05) is 0 Å². The molecule has 1 aromatic carbocycles. The van der Waals surface area contributed by atoms with Crippen LogP contribution in [-0.2, 0) is 0 Å². The molecule has 2 nitrogen and oxygen atoms in total. The number of aromatic nitrogens is 1. The van der Waals surface area contributed by atoms with Crippen molar-refractivity contribution in [1.29, 1.82) is 0 Å². The van der Waals surface area contributed by atoms with Gasteiger partial charge in [-0.15, -0.1) is 0 Å². The van der Waals surface area contributed by atoms with Crippen molar-refractivity contribution >= 4 is 11.6 Å². The predicted octanol–water partition coefficient (Wildman–Crippen LogP) is 2.96. The SMILES string of the molecule is OC(c1ccccc1)c1nccc(Cl)c1F. The van der Waals surface area contributed by atoms with E-state index in [1.54, 1.807) is 24.3 Å². The Morgan fingerprint density at radius 2 is 1.88 bits per heavy atom. The molecule has 4 heteroatoms. The van der Waals surface area contributed by atoms with Gasteiger partial charge in [-0.2, -0.15) is 0 Å². The minimum Gasteiger partial charge on any atom is -0.382 e. The molecule has 1 atom stereocenters. The highest BCUT2D eigenvalue weighted by atomic mass is 35.5. The molecule has 0 saturated heterocycles. The molecule has 1 heterocycles. The zero-order valence-corrected chi connectivity index (χ0v) is 9.03. The second-order valence-electron chi connectivity index (χ2n) is 3.31. The number of rotatable bonds is 2. The Morgan fingerprint density at radius 1 is 1.19 bits per heavy atom. The quantitative estimate of drug-likeness (QED) is 0.871. The third kappa shape index (κ3) is 2.05. The Labute approximate surface area is 97.3 Å². The Kier molecular flexibility index (Phi) is 3.17. The Bertz CT molecular complexity index is 490. The lowest BCUT2D eigenvalue weighted by molar-refractivity contribution is 0.209. The number of hydrogen-bond acceptors (Lipinski definition) is 2. The molecule has 16 heavy (non-hydrogen) atoms. The van der Waals surface area contributed by atoms with Crippen LogP contribution in [0, 0.1) is 5.82 Å². The molecule has 82 valence electrons. The standard InChI is InChI=1S/C12H9ClFNO/c13-9-6-7-15-11(10(9)14)12(16)8-4-2-1-3-5-8/h1-7,12,16H. The largest absolute Gasteiger partial charge is 0.382 e. The van der Waals surface area contributed by atoms with Gasteiger partial charge in [-0.05, 0) is 11.6 Å². The summed E-state index contributed by atoms with van der Waals surface area (Å²) in [4.78, 5) is 3.81. The third-order valence-electron chi connectivity index (χ3n) is 2.24. The number of pyridine rings is 1. The monoisotopic (exact) mass is 237 g/mol. The predicted molar refractivity (Wildman–Crippen MR) is 59.7 cm³/mol. The van der Waals surface area contributed by atoms with E-state index in [9.17, 15) is 9.50 Å². The summed E-state index contributed by atoms with van der Waals surface area (Å²) >= 11 is 5.62. The van der Waals surface area contributed by atoms with Crippen molar-refractivity contribution in [3.05, 3.63) is 64.7 Å². The average molecular weight is 238 g/mol. The van der Waals surface area contributed by atoms with Crippen molar-refractivity contribution in [2.24, 2.45) is 0 Å². The van der Waals surface area contributed by atoms with E-state index in [1.807, 2.05) is 6.07 Å². The highest BCUT2D eigenvalue weighted by Gasteiger charge is 2.17. The van der Waals surface area contributed by atoms with E-state index >= 15 is 0 Å². The van der Waals surface area contributed by atoms with Gasteiger partial charge in [0.15, 0.2) is 5.82 Å². The van der Waals surface area contributed by atoms with Gasteiger partial charge in [0.2, 0.25) is 0 Å². The average Bonchev–Trinajstić information content (AvgIpc) is 2.33. The summed E-state index contributed by atoms with van der Waals surface area (Å²) in [6.07, 6.45) is 0.271. The van der Waals surface area contributed by atoms with Gasteiger partial charge >= 0.3 is 0 Å². The lowest BCUT2D eigenvalue weighted by atomic mass is 10.1. The van der Waals surface area contributed by atoms with Crippen LogP contribution in [0.3, 0.4) is 0 Å². The van der Waals surface area contributed by atoms with Crippen LogP contribution in [0.15, 0.2) is 42.6 Å². The molecule has 0 bridgehead atoms. The van der Waals surface area contributed by atoms with E-state index in [4.69, 9.17) is 11.6 Å². The molecule has 2 aromatic rings. The molecule has 0 aliphatic heterocycles. The van der Waals surface area contributed by atoms with E-state index in [2.05, 4.69) is 4.98 Å². The lowest BCUT2D eigenvalue weighted by Crippen LogP contribution is -2.05. The maximum atomic E-state index is 13.6. The summed E-state index contributed by atoms with van der Waals surface area (Å²) in [7, 11) is 0. The van der Waals surface area contributed by atoms with Crippen molar-refractivity contribution in [3.8, 4) is 0 Å². The molecule has 2 rings (SSSR count). The molecule has 1 aromatic heterocycles. The van der Waals surface area contributed by atoms with Crippen LogP contribution >= 0.6 is 11.6 Å². The number of benzene rings is 1. The summed E-state index contributed by atoms with van der Waals surface area (Å²) in [5.41, 5.74) is 0.523. The molecule has 0 radical (unpaired) electrons. The summed E-state index contributed by atoms with van der Waals surface area (Å²) in [5.74, 6) is -0.680. The first kappa shape index (κ1) is 11.0. The summed E-state index contributed by atoms with van der Waals surface area (Å²) in [5, 5.41) is 9.89. The van der Waals surface area contributed by atoms with Gasteiger partial charge in [0.25, 0.3) is 0 Å². The number of aliphatic hydroxyl groups is 1. The molecule has 0 aliphatic carbocycles. The number of hydrogen-bond donors (Lipinski definition) is 1. The van der Waals surface area contributed by atoms with Gasteiger partial charge in [0.05, 0.1) is 5.02 Å². The molecule has 0 saturated carbocycles. The molecule has 1 unspecified atom stereocenters. The van der Waals surface area contributed by atoms with E-state index in [1.165, 1.54) is 12.3 Å². The first-order valence-corrected chi connectivity index (χ1v) is 5.11. The van der Waals surface area contributed by atoms with E-state index < -0.39 is 11.9 Å². The maximum absolute atomic E-state index is 13.6. The number of halogens is 2. The molecular weight excluding hydrogens is 229 g/mol. The van der Waals surface area contributed by atoms with Crippen molar-refractivity contribution in [1.82, 2.24) is 4.98 Å². The zero-order chi connectivity index (χ0) is 11.5. The summed E-state index contributed by atoms with van der Waals surface area (Å²) in [6.45, 7) is 0. The normalized spacial score (nSPS) is 12.4. The van der Waals surface area contributed by atoms with Crippen LogP contribution in [0.2, 0.25) is 5.02 Å². The van der Waals surface area contributed by atoms with Crippen LogP contribution in [-0.4, -0.2) is 10.1 Å². The van der Waals surface area contributed by atoms with Crippen molar-refractivity contribution in [3.63, 3.8) is 0 Å². The van der Waals surface area contributed by atoms with E-state index in [0.29, 0.717) is 5.56 Å². The second-order valence-corrected chi connectivity index (χ2v) is 3.71. The van der Waals surface area contributed by atoms with Crippen LogP contribution in [0.4, 0.5) is 4.39 Å². The lowest BCUT2D eigenvalue weighted by Gasteiger charge is -2.11.